The summed E-state index contributed by atoms with van der Waals surface area (Å²) in [6, 6.07) is -2.03. The van der Waals surface area contributed by atoms with E-state index < -0.39 is 24.0 Å². The molecule has 1 atom stereocenters. The Morgan fingerprint density at radius 2 is 1.71 bits per heavy atom. The fraction of sp³-hybridized carbons (Fsp3) is 0.667. The van der Waals surface area contributed by atoms with Crippen molar-refractivity contribution in [3.63, 3.8) is 0 Å². The lowest BCUT2D eigenvalue weighted by Crippen LogP contribution is -2.50. The van der Waals surface area contributed by atoms with Crippen molar-refractivity contribution in [1.29, 1.82) is 0 Å². The second-order valence-electron chi connectivity index (χ2n) is 4.58. The van der Waals surface area contributed by atoms with Crippen LogP contribution >= 0.6 is 0 Å². The summed E-state index contributed by atoms with van der Waals surface area (Å²) in [5.74, 6) is -2.77. The highest BCUT2D eigenvalue weighted by Crippen LogP contribution is 2.00. The molecule has 3 amide bonds. The smallest absolute Gasteiger partial charge is 0.326 e. The molecule has 0 saturated carbocycles. The van der Waals surface area contributed by atoms with Crippen molar-refractivity contribution in [2.75, 3.05) is 27.2 Å². The zero-order valence-electron chi connectivity index (χ0n) is 12.3. The first-order valence-electron chi connectivity index (χ1n) is 6.39. The highest BCUT2D eigenvalue weighted by atomic mass is 16.4. The molecule has 1 unspecified atom stereocenters. The normalized spacial score (nSPS) is 11.4. The Balaban J connectivity index is 4.66. The molecule has 0 aromatic rings. The molecule has 9 heteroatoms. The number of nitrogens with zero attached hydrogens (tertiary/aromatic N) is 2. The van der Waals surface area contributed by atoms with Crippen LogP contribution in [-0.2, 0) is 14.4 Å². The molecule has 0 fully saturated rings. The summed E-state index contributed by atoms with van der Waals surface area (Å²) in [5, 5.41) is 19.7. The van der Waals surface area contributed by atoms with E-state index in [0.717, 1.165) is 4.90 Å². The molecule has 0 saturated heterocycles. The molecule has 0 aromatic heterocycles. The van der Waals surface area contributed by atoms with Crippen molar-refractivity contribution in [1.82, 2.24) is 15.1 Å². The first kappa shape index (κ1) is 18.7. The lowest BCUT2D eigenvalue weighted by Gasteiger charge is -2.24. The molecule has 0 radical (unpaired) electrons. The number of likely N-dealkylation sites (N-methyl/N-ethyl adjacent to an activating group) is 2. The molecule has 0 rings (SSSR count). The zero-order chi connectivity index (χ0) is 16.6. The fourth-order valence-corrected chi connectivity index (χ4v) is 1.40. The maximum atomic E-state index is 11.9. The van der Waals surface area contributed by atoms with Crippen molar-refractivity contribution in [3.8, 4) is 0 Å². The van der Waals surface area contributed by atoms with E-state index in [2.05, 4.69) is 5.32 Å². The predicted octanol–water partition coefficient (Wildman–Crippen LogP) is -0.576. The van der Waals surface area contributed by atoms with Crippen LogP contribution in [0.3, 0.4) is 0 Å². The quantitative estimate of drug-likeness (QED) is 0.550. The number of carbonyl (C=O) groups excluding carboxylic acids is 2. The third-order valence-electron chi connectivity index (χ3n) is 2.74. The Bertz CT molecular complexity index is 410. The van der Waals surface area contributed by atoms with Gasteiger partial charge in [0.15, 0.2) is 0 Å². The van der Waals surface area contributed by atoms with Crippen LogP contribution in [-0.4, -0.2) is 77.1 Å². The van der Waals surface area contributed by atoms with Crippen molar-refractivity contribution in [2.45, 2.75) is 25.8 Å². The average Bonchev–Trinajstić information content (AvgIpc) is 2.39. The summed E-state index contributed by atoms with van der Waals surface area (Å²) in [4.78, 5) is 47.4. The van der Waals surface area contributed by atoms with E-state index in [-0.39, 0.29) is 31.8 Å². The van der Waals surface area contributed by atoms with Crippen molar-refractivity contribution < 1.29 is 29.4 Å². The number of aliphatic carboxylic acids is 2. The van der Waals surface area contributed by atoms with Gasteiger partial charge in [0, 0.05) is 27.1 Å². The van der Waals surface area contributed by atoms with E-state index in [0.29, 0.717) is 0 Å². The molecule has 0 bridgehead atoms. The minimum atomic E-state index is -1.32. The number of carbonyl (C=O) groups is 4. The molecule has 0 aliphatic rings. The monoisotopic (exact) mass is 303 g/mol. The molecule has 21 heavy (non-hydrogen) atoms. The van der Waals surface area contributed by atoms with Crippen LogP contribution in [0.1, 0.15) is 19.8 Å². The highest BCUT2D eigenvalue weighted by Gasteiger charge is 2.24. The standard InChI is InChI=1S/C12H21N3O6/c1-4-15(7-9(16)14(2)3)12(21)13-8(11(19)20)5-6-10(17)18/h8H,4-7H2,1-3H3,(H,13,21)(H,17,18)(H,19,20). The first-order valence-corrected chi connectivity index (χ1v) is 6.39. The maximum Gasteiger partial charge on any atom is 0.326 e. The summed E-state index contributed by atoms with van der Waals surface area (Å²) in [6.45, 7) is 1.69. The lowest BCUT2D eigenvalue weighted by atomic mass is 10.1. The van der Waals surface area contributed by atoms with E-state index in [1.54, 1.807) is 21.0 Å². The van der Waals surface area contributed by atoms with Gasteiger partial charge in [0.25, 0.3) is 0 Å². The van der Waals surface area contributed by atoms with Gasteiger partial charge in [-0.25, -0.2) is 9.59 Å². The number of carboxylic acid groups (broad SMARTS) is 2. The third-order valence-corrected chi connectivity index (χ3v) is 2.74. The van der Waals surface area contributed by atoms with Crippen molar-refractivity contribution in [3.05, 3.63) is 0 Å². The van der Waals surface area contributed by atoms with E-state index in [4.69, 9.17) is 10.2 Å². The minimum Gasteiger partial charge on any atom is -0.481 e. The number of carboxylic acids is 2. The lowest BCUT2D eigenvalue weighted by molar-refractivity contribution is -0.140. The van der Waals surface area contributed by atoms with Crippen LogP contribution in [0, 0.1) is 0 Å². The van der Waals surface area contributed by atoms with E-state index in [1.165, 1.54) is 4.90 Å². The molecule has 0 aromatic carbocycles. The third kappa shape index (κ3) is 7.14. The Morgan fingerprint density at radius 1 is 1.14 bits per heavy atom. The van der Waals surface area contributed by atoms with Gasteiger partial charge in [-0.05, 0) is 13.3 Å². The summed E-state index contributed by atoms with van der Waals surface area (Å²) in [5.41, 5.74) is 0. The topological polar surface area (TPSA) is 127 Å². The average molecular weight is 303 g/mol. The Hall–Kier alpha value is -2.32. The maximum absolute atomic E-state index is 11.9. The summed E-state index contributed by atoms with van der Waals surface area (Å²) < 4.78 is 0. The summed E-state index contributed by atoms with van der Waals surface area (Å²) in [7, 11) is 3.09. The molecular weight excluding hydrogens is 282 g/mol. The van der Waals surface area contributed by atoms with Gasteiger partial charge in [0.2, 0.25) is 5.91 Å². The summed E-state index contributed by atoms with van der Waals surface area (Å²) >= 11 is 0. The van der Waals surface area contributed by atoms with Gasteiger partial charge in [0.05, 0.1) is 0 Å². The molecule has 9 nitrogen and oxygen atoms in total. The van der Waals surface area contributed by atoms with Gasteiger partial charge in [0.1, 0.15) is 12.6 Å². The van der Waals surface area contributed by atoms with Gasteiger partial charge in [-0.2, -0.15) is 0 Å². The van der Waals surface area contributed by atoms with Gasteiger partial charge >= 0.3 is 18.0 Å². The number of urea groups is 1. The van der Waals surface area contributed by atoms with E-state index >= 15 is 0 Å². The Kier molecular flexibility index (Phi) is 7.80. The molecule has 0 heterocycles. The highest BCUT2D eigenvalue weighted by molar-refractivity contribution is 5.86. The Morgan fingerprint density at radius 3 is 2.10 bits per heavy atom. The van der Waals surface area contributed by atoms with E-state index in [1.807, 2.05) is 0 Å². The van der Waals surface area contributed by atoms with Gasteiger partial charge in [-0.3, -0.25) is 9.59 Å². The van der Waals surface area contributed by atoms with Crippen molar-refractivity contribution in [2.24, 2.45) is 0 Å². The molecular formula is C12H21N3O6. The Labute approximate surface area is 122 Å². The van der Waals surface area contributed by atoms with E-state index in [9.17, 15) is 19.2 Å². The van der Waals surface area contributed by atoms with Crippen LogP contribution < -0.4 is 5.32 Å². The van der Waals surface area contributed by atoms with Crippen LogP contribution in [0.2, 0.25) is 0 Å². The predicted molar refractivity (Wildman–Crippen MR) is 72.8 cm³/mol. The molecule has 3 N–H and O–H groups in total. The largest absolute Gasteiger partial charge is 0.481 e. The number of rotatable bonds is 8. The molecule has 0 spiro atoms. The second-order valence-corrected chi connectivity index (χ2v) is 4.58. The minimum absolute atomic E-state index is 0.180. The second kappa shape index (κ2) is 8.77. The van der Waals surface area contributed by atoms with Crippen LogP contribution in [0.15, 0.2) is 0 Å². The number of amides is 3. The first-order chi connectivity index (χ1) is 9.68. The molecule has 120 valence electrons. The van der Waals surface area contributed by atoms with Gasteiger partial charge < -0.3 is 25.3 Å². The number of hydrogen-bond donors (Lipinski definition) is 3. The molecule has 0 aliphatic heterocycles. The number of nitrogens with one attached hydrogen (secondary N) is 1. The molecule has 0 aliphatic carbocycles. The van der Waals surface area contributed by atoms with Gasteiger partial charge in [-0.1, -0.05) is 0 Å². The van der Waals surface area contributed by atoms with Crippen LogP contribution in [0.5, 0.6) is 0 Å². The van der Waals surface area contributed by atoms with Crippen molar-refractivity contribution >= 4 is 23.9 Å². The van der Waals surface area contributed by atoms with Crippen LogP contribution in [0.4, 0.5) is 4.79 Å². The SMILES string of the molecule is CCN(CC(=O)N(C)C)C(=O)NC(CCC(=O)O)C(=O)O. The zero-order valence-corrected chi connectivity index (χ0v) is 12.3. The summed E-state index contributed by atoms with van der Waals surface area (Å²) in [6.07, 6.45) is -0.602. The fourth-order valence-electron chi connectivity index (χ4n) is 1.40. The van der Waals surface area contributed by atoms with Crippen LogP contribution in [0.25, 0.3) is 0 Å². The van der Waals surface area contributed by atoms with Gasteiger partial charge in [-0.15, -0.1) is 0 Å². The number of hydrogen-bond acceptors (Lipinski definition) is 4.